The molecule has 274 valence electrons. The Balaban J connectivity index is 1.13. The molecule has 0 spiro atoms. The SMILES string of the molecule is C=C/C(=C\C(=N/C(=C)c1ccccc1)c1ccc2c(c1)oc1c(C3c4ccc(-c5ccccc5)cc4-c4ccc(-c5ccccc5)cc43)cccc12)c1ccccc1. The summed E-state index contributed by atoms with van der Waals surface area (Å²) in [7, 11) is 0. The molecular formula is C56H39NO. The van der Waals surface area contributed by atoms with Gasteiger partial charge in [0, 0.05) is 27.8 Å². The summed E-state index contributed by atoms with van der Waals surface area (Å²) in [4.78, 5) is 5.14. The second-order valence-corrected chi connectivity index (χ2v) is 14.8. The fraction of sp³-hybridized carbons (Fsp3) is 0.0179. The summed E-state index contributed by atoms with van der Waals surface area (Å²) in [6.07, 6.45) is 3.97. The van der Waals surface area contributed by atoms with Crippen LogP contribution >= 0.6 is 0 Å². The second kappa shape index (κ2) is 14.8. The Labute approximate surface area is 339 Å². The minimum absolute atomic E-state index is 0.0162. The van der Waals surface area contributed by atoms with Gasteiger partial charge in [0.05, 0.1) is 11.4 Å². The minimum Gasteiger partial charge on any atom is -0.456 e. The van der Waals surface area contributed by atoms with Crippen molar-refractivity contribution in [2.75, 3.05) is 0 Å². The molecule has 10 rings (SSSR count). The van der Waals surface area contributed by atoms with Crippen LogP contribution in [0.25, 0.3) is 66.6 Å². The summed E-state index contributed by atoms with van der Waals surface area (Å²) in [5.41, 5.74) is 18.1. The molecule has 58 heavy (non-hydrogen) atoms. The summed E-state index contributed by atoms with van der Waals surface area (Å²) in [5, 5.41) is 2.15. The van der Waals surface area contributed by atoms with Gasteiger partial charge in [-0.1, -0.05) is 189 Å². The lowest BCUT2D eigenvalue weighted by molar-refractivity contribution is 0.661. The van der Waals surface area contributed by atoms with Crippen LogP contribution in [0.15, 0.2) is 229 Å². The molecule has 2 nitrogen and oxygen atoms in total. The monoisotopic (exact) mass is 741 g/mol. The number of hydrogen-bond donors (Lipinski definition) is 0. The number of aliphatic imine (C=N–C) groups is 1. The van der Waals surface area contributed by atoms with Crippen molar-refractivity contribution in [2.45, 2.75) is 5.92 Å². The maximum atomic E-state index is 7.01. The number of nitrogens with zero attached hydrogens (tertiary/aromatic N) is 1. The third kappa shape index (κ3) is 6.31. The molecule has 0 radical (unpaired) electrons. The van der Waals surface area contributed by atoms with E-state index in [1.165, 1.54) is 44.5 Å². The van der Waals surface area contributed by atoms with Gasteiger partial charge in [-0.3, -0.25) is 0 Å². The zero-order valence-corrected chi connectivity index (χ0v) is 32.0. The summed E-state index contributed by atoms with van der Waals surface area (Å²) in [5.74, 6) is -0.0162. The largest absolute Gasteiger partial charge is 0.456 e. The molecule has 0 fully saturated rings. The quantitative estimate of drug-likeness (QED) is 0.107. The van der Waals surface area contributed by atoms with Crippen LogP contribution in [-0.2, 0) is 0 Å². The lowest BCUT2D eigenvalue weighted by Gasteiger charge is -2.16. The van der Waals surface area contributed by atoms with E-state index in [9.17, 15) is 0 Å². The van der Waals surface area contributed by atoms with E-state index < -0.39 is 0 Å². The first-order chi connectivity index (χ1) is 28.6. The Morgan fingerprint density at radius 3 is 1.81 bits per heavy atom. The molecule has 1 heterocycles. The maximum absolute atomic E-state index is 7.01. The Morgan fingerprint density at radius 2 is 1.12 bits per heavy atom. The van der Waals surface area contributed by atoms with Gasteiger partial charge in [0.15, 0.2) is 0 Å². The number of para-hydroxylation sites is 1. The number of benzene rings is 8. The van der Waals surface area contributed by atoms with Crippen molar-refractivity contribution in [3.05, 3.63) is 253 Å². The molecule has 0 bridgehead atoms. The number of hydrogen-bond acceptors (Lipinski definition) is 2. The smallest absolute Gasteiger partial charge is 0.139 e. The first kappa shape index (κ1) is 34.9. The number of allylic oxidation sites excluding steroid dienone is 3. The van der Waals surface area contributed by atoms with E-state index in [0.29, 0.717) is 5.70 Å². The van der Waals surface area contributed by atoms with E-state index in [1.807, 2.05) is 54.6 Å². The topological polar surface area (TPSA) is 25.5 Å². The van der Waals surface area contributed by atoms with E-state index in [0.717, 1.165) is 55.5 Å². The van der Waals surface area contributed by atoms with Gasteiger partial charge >= 0.3 is 0 Å². The Hall–Kier alpha value is -7.55. The predicted molar refractivity (Wildman–Crippen MR) is 244 cm³/mol. The van der Waals surface area contributed by atoms with Crippen LogP contribution in [0, 0.1) is 0 Å². The van der Waals surface area contributed by atoms with Crippen LogP contribution < -0.4 is 0 Å². The molecular weight excluding hydrogens is 703 g/mol. The molecule has 9 aromatic rings. The third-order valence-corrected chi connectivity index (χ3v) is 11.3. The zero-order valence-electron chi connectivity index (χ0n) is 32.0. The molecule has 0 N–H and O–H groups in total. The van der Waals surface area contributed by atoms with Crippen molar-refractivity contribution in [1.82, 2.24) is 0 Å². The van der Waals surface area contributed by atoms with Gasteiger partial charge < -0.3 is 4.42 Å². The van der Waals surface area contributed by atoms with Gasteiger partial charge in [-0.15, -0.1) is 0 Å². The normalized spacial score (nSPS) is 13.7. The average molecular weight is 742 g/mol. The number of rotatable bonds is 9. The Morgan fingerprint density at radius 1 is 0.483 bits per heavy atom. The molecule has 1 aliphatic rings. The van der Waals surface area contributed by atoms with Crippen LogP contribution in [0.4, 0.5) is 0 Å². The number of fused-ring (bicyclic) bond motifs is 6. The Bertz CT molecular complexity index is 3060. The summed E-state index contributed by atoms with van der Waals surface area (Å²) < 4.78 is 7.01. The van der Waals surface area contributed by atoms with Gasteiger partial charge in [0.2, 0.25) is 0 Å². The molecule has 0 saturated carbocycles. The predicted octanol–water partition coefficient (Wildman–Crippen LogP) is 14.8. The minimum atomic E-state index is -0.0162. The highest BCUT2D eigenvalue weighted by atomic mass is 16.3. The van der Waals surface area contributed by atoms with Gasteiger partial charge in [0.1, 0.15) is 11.2 Å². The molecule has 1 atom stereocenters. The van der Waals surface area contributed by atoms with E-state index in [2.05, 4.69) is 165 Å². The highest BCUT2D eigenvalue weighted by molar-refractivity contribution is 6.17. The first-order valence-electron chi connectivity index (χ1n) is 19.7. The molecule has 0 amide bonds. The average Bonchev–Trinajstić information content (AvgIpc) is 3.83. The second-order valence-electron chi connectivity index (χ2n) is 14.8. The lowest BCUT2D eigenvalue weighted by Crippen LogP contribution is -2.00. The summed E-state index contributed by atoms with van der Waals surface area (Å²) in [6.45, 7) is 8.53. The molecule has 2 heteroatoms. The first-order valence-corrected chi connectivity index (χ1v) is 19.7. The van der Waals surface area contributed by atoms with Crippen molar-refractivity contribution in [1.29, 1.82) is 0 Å². The van der Waals surface area contributed by atoms with Crippen molar-refractivity contribution in [3.63, 3.8) is 0 Å². The maximum Gasteiger partial charge on any atom is 0.139 e. The van der Waals surface area contributed by atoms with Gasteiger partial charge in [-0.2, -0.15) is 0 Å². The fourth-order valence-corrected chi connectivity index (χ4v) is 8.48. The summed E-state index contributed by atoms with van der Waals surface area (Å²) in [6, 6.07) is 68.6. The summed E-state index contributed by atoms with van der Waals surface area (Å²) >= 11 is 0. The van der Waals surface area contributed by atoms with E-state index in [-0.39, 0.29) is 5.92 Å². The Kier molecular flexibility index (Phi) is 8.93. The van der Waals surface area contributed by atoms with Crippen LogP contribution in [-0.4, -0.2) is 5.71 Å². The van der Waals surface area contributed by atoms with Gasteiger partial charge in [-0.05, 0) is 91.5 Å². The molecule has 1 aliphatic carbocycles. The highest BCUT2D eigenvalue weighted by Crippen LogP contribution is 2.52. The van der Waals surface area contributed by atoms with Crippen molar-refractivity contribution < 1.29 is 4.42 Å². The van der Waals surface area contributed by atoms with Crippen molar-refractivity contribution in [2.24, 2.45) is 4.99 Å². The van der Waals surface area contributed by atoms with Crippen molar-refractivity contribution in [3.8, 4) is 33.4 Å². The molecule has 1 unspecified atom stereocenters. The molecule has 0 aliphatic heterocycles. The van der Waals surface area contributed by atoms with Gasteiger partial charge in [0.25, 0.3) is 0 Å². The van der Waals surface area contributed by atoms with Crippen LogP contribution in [0.1, 0.15) is 39.3 Å². The third-order valence-electron chi connectivity index (χ3n) is 11.3. The van der Waals surface area contributed by atoms with E-state index in [4.69, 9.17) is 9.41 Å². The zero-order chi connectivity index (χ0) is 39.0. The number of furan rings is 1. The molecule has 8 aromatic carbocycles. The fourth-order valence-electron chi connectivity index (χ4n) is 8.48. The van der Waals surface area contributed by atoms with Gasteiger partial charge in [-0.25, -0.2) is 4.99 Å². The van der Waals surface area contributed by atoms with Crippen LogP contribution in [0.3, 0.4) is 0 Å². The van der Waals surface area contributed by atoms with Crippen LogP contribution in [0.2, 0.25) is 0 Å². The van der Waals surface area contributed by atoms with Crippen molar-refractivity contribution >= 4 is 38.9 Å². The lowest BCUT2D eigenvalue weighted by atomic mass is 9.86. The van der Waals surface area contributed by atoms with Crippen LogP contribution in [0.5, 0.6) is 0 Å². The molecule has 1 aromatic heterocycles. The molecule has 0 saturated heterocycles. The standard InChI is InChI=1S/C56H39NO/c1-3-38(40-19-10-5-11-20-40)35-53(57-37(2)39-17-8-4-9-18-39)45-29-31-47-49-25-16-26-50(56(49)58-54(47)36-45)55-48-32-28-43(41-21-12-6-13-22-41)33-51(48)46-30-27-44(34-52(46)55)42-23-14-7-15-24-42/h3-36,55H,1-2H2/b38-35+,57-53+. The highest BCUT2D eigenvalue weighted by Gasteiger charge is 2.33. The van der Waals surface area contributed by atoms with E-state index >= 15 is 0 Å². The van der Waals surface area contributed by atoms with E-state index in [1.54, 1.807) is 0 Å².